The van der Waals surface area contributed by atoms with E-state index < -0.39 is 0 Å². The molecule has 4 nitrogen and oxygen atoms in total. The average Bonchev–Trinajstić information content (AvgIpc) is 2.56. The van der Waals surface area contributed by atoms with Gasteiger partial charge in [-0.2, -0.15) is 5.10 Å². The van der Waals surface area contributed by atoms with E-state index in [9.17, 15) is 0 Å². The van der Waals surface area contributed by atoms with Crippen LogP contribution in [0.3, 0.4) is 0 Å². The van der Waals surface area contributed by atoms with Gasteiger partial charge in [-0.15, -0.1) is 0 Å². The maximum atomic E-state index is 5.82. The van der Waals surface area contributed by atoms with E-state index in [1.807, 2.05) is 25.2 Å². The van der Waals surface area contributed by atoms with Crippen LogP contribution in [0.5, 0.6) is 11.5 Å². The van der Waals surface area contributed by atoms with Crippen LogP contribution in [0.25, 0.3) is 0 Å². The molecule has 0 bridgehead atoms. The van der Waals surface area contributed by atoms with Crippen molar-refractivity contribution in [2.75, 3.05) is 5.73 Å². The lowest BCUT2D eigenvalue weighted by Gasteiger charge is -2.05. The summed E-state index contributed by atoms with van der Waals surface area (Å²) in [6, 6.07) is 5.67. The zero-order valence-electron chi connectivity index (χ0n) is 8.14. The number of hydrogen-bond acceptors (Lipinski definition) is 3. The largest absolute Gasteiger partial charge is 0.452 e. The third kappa shape index (κ3) is 2.41. The highest BCUT2D eigenvalue weighted by Crippen LogP contribution is 2.28. The molecule has 0 unspecified atom stereocenters. The van der Waals surface area contributed by atoms with Crippen molar-refractivity contribution in [2.45, 2.75) is 0 Å². The van der Waals surface area contributed by atoms with Crippen molar-refractivity contribution in [3.63, 3.8) is 0 Å². The Morgan fingerprint density at radius 1 is 1.47 bits per heavy atom. The highest BCUT2D eigenvalue weighted by molar-refractivity contribution is 14.1. The van der Waals surface area contributed by atoms with Crippen LogP contribution >= 0.6 is 22.6 Å². The molecule has 0 aliphatic heterocycles. The molecule has 0 radical (unpaired) electrons. The molecule has 1 aromatic carbocycles. The topological polar surface area (TPSA) is 53.1 Å². The number of rotatable bonds is 2. The van der Waals surface area contributed by atoms with E-state index in [1.54, 1.807) is 17.1 Å². The minimum absolute atomic E-state index is 0.630. The fourth-order valence-electron chi connectivity index (χ4n) is 1.19. The number of nitrogen functional groups attached to an aromatic ring is 1. The number of aromatic nitrogens is 2. The third-order valence-corrected chi connectivity index (χ3v) is 2.55. The molecule has 0 atom stereocenters. The lowest BCUT2D eigenvalue weighted by atomic mass is 10.3. The molecule has 15 heavy (non-hydrogen) atoms. The Kier molecular flexibility index (Phi) is 2.81. The molecule has 0 amide bonds. The maximum absolute atomic E-state index is 5.82. The number of hydrogen-bond donors (Lipinski definition) is 1. The van der Waals surface area contributed by atoms with E-state index in [1.165, 1.54) is 0 Å². The average molecular weight is 315 g/mol. The molecule has 0 saturated carbocycles. The summed E-state index contributed by atoms with van der Waals surface area (Å²) in [6.45, 7) is 0. The Bertz CT molecular complexity index is 481. The van der Waals surface area contributed by atoms with E-state index in [0.717, 1.165) is 3.57 Å². The first-order valence-electron chi connectivity index (χ1n) is 4.36. The fraction of sp³-hybridized carbons (Fsp3) is 0.100. The molecule has 0 fully saturated rings. The predicted molar refractivity (Wildman–Crippen MR) is 66.9 cm³/mol. The zero-order valence-corrected chi connectivity index (χ0v) is 10.3. The summed E-state index contributed by atoms with van der Waals surface area (Å²) >= 11 is 2.21. The molecule has 2 rings (SSSR count). The van der Waals surface area contributed by atoms with Crippen LogP contribution in [0.4, 0.5) is 5.69 Å². The normalized spacial score (nSPS) is 10.3. The Balaban J connectivity index is 2.24. The summed E-state index contributed by atoms with van der Waals surface area (Å²) < 4.78 is 8.34. The first-order valence-corrected chi connectivity index (χ1v) is 5.44. The van der Waals surface area contributed by atoms with E-state index in [2.05, 4.69) is 27.7 Å². The van der Waals surface area contributed by atoms with Crippen LogP contribution in [0, 0.1) is 3.57 Å². The van der Waals surface area contributed by atoms with Crippen LogP contribution < -0.4 is 10.5 Å². The van der Waals surface area contributed by atoms with Gasteiger partial charge in [0.15, 0.2) is 11.5 Å². The number of anilines is 1. The van der Waals surface area contributed by atoms with Crippen LogP contribution in [0.15, 0.2) is 30.6 Å². The van der Waals surface area contributed by atoms with Gasteiger partial charge in [0.25, 0.3) is 0 Å². The van der Waals surface area contributed by atoms with Crippen molar-refractivity contribution in [2.24, 2.45) is 7.05 Å². The minimum atomic E-state index is 0.630. The molecule has 1 aromatic heterocycles. The molecule has 0 spiro atoms. The van der Waals surface area contributed by atoms with E-state index in [4.69, 9.17) is 10.5 Å². The van der Waals surface area contributed by atoms with Gasteiger partial charge in [-0.3, -0.25) is 4.68 Å². The molecule has 0 aliphatic rings. The van der Waals surface area contributed by atoms with Gasteiger partial charge in [-0.25, -0.2) is 0 Å². The first-order chi connectivity index (χ1) is 7.15. The van der Waals surface area contributed by atoms with Gasteiger partial charge in [-0.05, 0) is 40.8 Å². The summed E-state index contributed by atoms with van der Waals surface area (Å²) in [5.74, 6) is 1.34. The third-order valence-electron chi connectivity index (χ3n) is 1.88. The number of nitrogens with zero attached hydrogens (tertiary/aromatic N) is 2. The van der Waals surface area contributed by atoms with Crippen LogP contribution in [-0.4, -0.2) is 9.78 Å². The summed E-state index contributed by atoms with van der Waals surface area (Å²) in [5, 5.41) is 4.01. The highest BCUT2D eigenvalue weighted by Gasteiger charge is 2.03. The van der Waals surface area contributed by atoms with Crippen molar-refractivity contribution in [3.8, 4) is 11.5 Å². The monoisotopic (exact) mass is 315 g/mol. The van der Waals surface area contributed by atoms with Gasteiger partial charge >= 0.3 is 0 Å². The molecule has 2 N–H and O–H groups in total. The Morgan fingerprint density at radius 3 is 2.87 bits per heavy atom. The summed E-state index contributed by atoms with van der Waals surface area (Å²) in [5.41, 5.74) is 6.45. The van der Waals surface area contributed by atoms with E-state index in [-0.39, 0.29) is 0 Å². The Labute approximate surface area is 101 Å². The van der Waals surface area contributed by atoms with Crippen LogP contribution in [-0.2, 0) is 7.05 Å². The smallest absolute Gasteiger partial charge is 0.165 e. The lowest BCUT2D eigenvalue weighted by molar-refractivity contribution is 0.484. The molecule has 0 saturated heterocycles. The van der Waals surface area contributed by atoms with Crippen molar-refractivity contribution in [3.05, 3.63) is 34.2 Å². The van der Waals surface area contributed by atoms with Gasteiger partial charge in [0.05, 0.1) is 18.1 Å². The van der Waals surface area contributed by atoms with E-state index >= 15 is 0 Å². The van der Waals surface area contributed by atoms with Gasteiger partial charge < -0.3 is 10.5 Å². The second-order valence-electron chi connectivity index (χ2n) is 3.13. The fourth-order valence-corrected chi connectivity index (χ4v) is 1.71. The van der Waals surface area contributed by atoms with Crippen molar-refractivity contribution in [1.29, 1.82) is 0 Å². The molecule has 0 aliphatic carbocycles. The van der Waals surface area contributed by atoms with Crippen LogP contribution in [0.2, 0.25) is 0 Å². The molecule has 1 heterocycles. The summed E-state index contributed by atoms with van der Waals surface area (Å²) in [6.07, 6.45) is 3.44. The molecular formula is C10H10IN3O. The number of halogens is 1. The standard InChI is InChI=1S/C10H10IN3O/c1-14-6-8(5-13-14)15-10-3-2-7(11)4-9(10)12/h2-6H,12H2,1H3. The lowest BCUT2D eigenvalue weighted by Crippen LogP contribution is -1.92. The number of benzene rings is 1. The first kappa shape index (κ1) is 10.3. The molecule has 78 valence electrons. The van der Waals surface area contributed by atoms with Gasteiger partial charge in [-0.1, -0.05) is 0 Å². The van der Waals surface area contributed by atoms with Gasteiger partial charge in [0, 0.05) is 10.6 Å². The highest BCUT2D eigenvalue weighted by atomic mass is 127. The SMILES string of the molecule is Cn1cc(Oc2ccc(I)cc2N)cn1. The minimum Gasteiger partial charge on any atom is -0.452 e. The predicted octanol–water partition coefficient (Wildman–Crippen LogP) is 2.40. The molecule has 5 heteroatoms. The van der Waals surface area contributed by atoms with Crippen molar-refractivity contribution < 1.29 is 4.74 Å². The van der Waals surface area contributed by atoms with Crippen molar-refractivity contribution >= 4 is 28.3 Å². The zero-order chi connectivity index (χ0) is 10.8. The number of aryl methyl sites for hydroxylation is 1. The summed E-state index contributed by atoms with van der Waals surface area (Å²) in [7, 11) is 1.84. The quantitative estimate of drug-likeness (QED) is 0.684. The maximum Gasteiger partial charge on any atom is 0.165 e. The number of nitrogens with two attached hydrogens (primary N) is 1. The molecular weight excluding hydrogens is 305 g/mol. The second-order valence-corrected chi connectivity index (χ2v) is 4.38. The van der Waals surface area contributed by atoms with Crippen molar-refractivity contribution in [1.82, 2.24) is 9.78 Å². The second kappa shape index (κ2) is 4.09. The Morgan fingerprint density at radius 2 is 2.27 bits per heavy atom. The summed E-state index contributed by atoms with van der Waals surface area (Å²) in [4.78, 5) is 0. The van der Waals surface area contributed by atoms with Crippen LogP contribution in [0.1, 0.15) is 0 Å². The molecule has 2 aromatic rings. The van der Waals surface area contributed by atoms with Gasteiger partial charge in [0.1, 0.15) is 0 Å². The Hall–Kier alpha value is -1.24. The number of ether oxygens (including phenoxy) is 1. The van der Waals surface area contributed by atoms with Gasteiger partial charge in [0.2, 0.25) is 0 Å². The van der Waals surface area contributed by atoms with E-state index in [0.29, 0.717) is 17.2 Å².